The summed E-state index contributed by atoms with van der Waals surface area (Å²) in [7, 11) is 1.42. The van der Waals surface area contributed by atoms with Gasteiger partial charge < -0.3 is 10.4 Å². The quantitative estimate of drug-likeness (QED) is 0.727. The van der Waals surface area contributed by atoms with Crippen molar-refractivity contribution in [3.8, 4) is 0 Å². The summed E-state index contributed by atoms with van der Waals surface area (Å²) in [5.41, 5.74) is 0. The highest BCUT2D eigenvalue weighted by atomic mass is 79.9. The Morgan fingerprint density at radius 2 is 2.20 bits per heavy atom. The van der Waals surface area contributed by atoms with Crippen molar-refractivity contribution in [2.75, 3.05) is 12.4 Å². The van der Waals surface area contributed by atoms with Crippen LogP contribution >= 0.6 is 27.3 Å². The lowest BCUT2D eigenvalue weighted by Gasteiger charge is -2.09. The molecule has 0 radical (unpaired) electrons. The topological polar surface area (TPSA) is 78.4 Å². The van der Waals surface area contributed by atoms with Gasteiger partial charge in [-0.1, -0.05) is 0 Å². The molecule has 0 saturated carbocycles. The molecule has 1 aromatic heterocycles. The Balaban J connectivity index is 2.66. The van der Waals surface area contributed by atoms with E-state index in [0.29, 0.717) is 5.00 Å². The molecule has 0 aliphatic rings. The number of likely N-dealkylation sites (N-methyl/N-ethyl adjacent to an activating group) is 1. The van der Waals surface area contributed by atoms with E-state index in [2.05, 4.69) is 26.6 Å². The predicted octanol–water partition coefficient (Wildman–Crippen LogP) is 1.12. The van der Waals surface area contributed by atoms with Gasteiger partial charge in [0.05, 0.1) is 8.79 Å². The van der Waals surface area contributed by atoms with E-state index in [1.165, 1.54) is 18.4 Å². The van der Waals surface area contributed by atoms with Crippen molar-refractivity contribution in [3.63, 3.8) is 0 Å². The molecular formula is C8H9BrN2O3S. The Morgan fingerprint density at radius 1 is 1.53 bits per heavy atom. The lowest BCUT2D eigenvalue weighted by atomic mass is 10.3. The number of halogens is 1. The summed E-state index contributed by atoms with van der Waals surface area (Å²) >= 11 is 4.56. The molecule has 15 heavy (non-hydrogen) atoms. The summed E-state index contributed by atoms with van der Waals surface area (Å²) in [5.74, 6) is -1.79. The summed E-state index contributed by atoms with van der Waals surface area (Å²) < 4.78 is 0.870. The molecule has 1 rings (SSSR count). The molecule has 1 aromatic rings. The van der Waals surface area contributed by atoms with E-state index in [0.717, 1.165) is 3.79 Å². The highest BCUT2D eigenvalue weighted by molar-refractivity contribution is 9.11. The average Bonchev–Trinajstić information content (AvgIpc) is 2.51. The standard InChI is InChI=1S/C8H9BrN2O3S/c1-10-6(8(13)14)7(12)11-5-3-2-4(9)15-5/h2-3,6,10H,1H3,(H,11,12)(H,13,14). The Bertz CT molecular complexity index is 380. The lowest BCUT2D eigenvalue weighted by molar-refractivity contribution is -0.142. The van der Waals surface area contributed by atoms with Crippen molar-refractivity contribution in [2.24, 2.45) is 0 Å². The number of carbonyl (C=O) groups excluding carboxylic acids is 1. The number of nitrogens with one attached hydrogen (secondary N) is 2. The van der Waals surface area contributed by atoms with E-state index in [-0.39, 0.29) is 0 Å². The summed E-state index contributed by atoms with van der Waals surface area (Å²) in [6.07, 6.45) is 0. The maximum Gasteiger partial charge on any atom is 0.330 e. The second-order valence-electron chi connectivity index (χ2n) is 2.65. The summed E-state index contributed by atoms with van der Waals surface area (Å²) in [6, 6.07) is 2.24. The van der Waals surface area contributed by atoms with Crippen LogP contribution < -0.4 is 10.6 Å². The molecule has 1 amide bonds. The van der Waals surface area contributed by atoms with Gasteiger partial charge in [-0.25, -0.2) is 4.79 Å². The van der Waals surface area contributed by atoms with Gasteiger partial charge >= 0.3 is 5.97 Å². The SMILES string of the molecule is CNC(C(=O)O)C(=O)Nc1ccc(Br)s1. The Morgan fingerprint density at radius 3 is 2.60 bits per heavy atom. The first-order valence-corrected chi connectivity index (χ1v) is 5.62. The van der Waals surface area contributed by atoms with Crippen LogP contribution in [0, 0.1) is 0 Å². The molecule has 5 nitrogen and oxygen atoms in total. The van der Waals surface area contributed by atoms with Crippen LogP contribution in [-0.2, 0) is 9.59 Å². The summed E-state index contributed by atoms with van der Waals surface area (Å²) in [6.45, 7) is 0. The van der Waals surface area contributed by atoms with Crippen LogP contribution in [0.3, 0.4) is 0 Å². The van der Waals surface area contributed by atoms with Gasteiger partial charge in [-0.3, -0.25) is 10.1 Å². The minimum atomic E-state index is -1.23. The Hall–Kier alpha value is -0.920. The summed E-state index contributed by atoms with van der Waals surface area (Å²) in [4.78, 5) is 22.1. The lowest BCUT2D eigenvalue weighted by Crippen LogP contribution is -2.44. The fraction of sp³-hybridized carbons (Fsp3) is 0.250. The maximum atomic E-state index is 11.4. The number of hydrogen-bond donors (Lipinski definition) is 3. The number of rotatable bonds is 4. The normalized spacial score (nSPS) is 12.1. The second-order valence-corrected chi connectivity index (χ2v) is 5.12. The molecule has 1 unspecified atom stereocenters. The molecular weight excluding hydrogens is 284 g/mol. The van der Waals surface area contributed by atoms with E-state index in [4.69, 9.17) is 5.11 Å². The third-order valence-corrected chi connectivity index (χ3v) is 3.16. The van der Waals surface area contributed by atoms with Crippen molar-refractivity contribution in [3.05, 3.63) is 15.9 Å². The van der Waals surface area contributed by atoms with Gasteiger partial charge in [-0.2, -0.15) is 0 Å². The average molecular weight is 293 g/mol. The van der Waals surface area contributed by atoms with Gasteiger partial charge in [-0.05, 0) is 35.1 Å². The van der Waals surface area contributed by atoms with Crippen molar-refractivity contribution in [2.45, 2.75) is 6.04 Å². The van der Waals surface area contributed by atoms with Gasteiger partial charge in [0.1, 0.15) is 0 Å². The van der Waals surface area contributed by atoms with Crippen LogP contribution in [0.25, 0.3) is 0 Å². The van der Waals surface area contributed by atoms with Crippen LogP contribution in [0.15, 0.2) is 15.9 Å². The monoisotopic (exact) mass is 292 g/mol. The van der Waals surface area contributed by atoms with E-state index in [1.54, 1.807) is 12.1 Å². The van der Waals surface area contributed by atoms with Crippen molar-refractivity contribution >= 4 is 44.1 Å². The Kier molecular flexibility index (Phi) is 4.25. The van der Waals surface area contributed by atoms with E-state index in [1.807, 2.05) is 0 Å². The second kappa shape index (κ2) is 5.24. The predicted molar refractivity (Wildman–Crippen MR) is 61.1 cm³/mol. The van der Waals surface area contributed by atoms with Gasteiger partial charge in [0, 0.05) is 0 Å². The number of carbonyl (C=O) groups is 2. The minimum Gasteiger partial charge on any atom is -0.480 e. The molecule has 7 heteroatoms. The van der Waals surface area contributed by atoms with Gasteiger partial charge in [-0.15, -0.1) is 11.3 Å². The minimum absolute atomic E-state index is 0.584. The van der Waals surface area contributed by atoms with Crippen molar-refractivity contribution in [1.29, 1.82) is 0 Å². The zero-order chi connectivity index (χ0) is 11.4. The van der Waals surface area contributed by atoms with E-state index in [9.17, 15) is 9.59 Å². The molecule has 0 saturated heterocycles. The fourth-order valence-corrected chi connectivity index (χ4v) is 2.23. The first kappa shape index (κ1) is 12.2. The van der Waals surface area contributed by atoms with Gasteiger partial charge in [0.15, 0.2) is 6.04 Å². The number of amides is 1. The first-order valence-electron chi connectivity index (χ1n) is 4.01. The number of aliphatic carboxylic acids is 1. The molecule has 0 aromatic carbocycles. The van der Waals surface area contributed by atoms with Crippen LogP contribution in [0.4, 0.5) is 5.00 Å². The molecule has 0 spiro atoms. The van der Waals surface area contributed by atoms with Crippen LogP contribution in [0.2, 0.25) is 0 Å². The highest BCUT2D eigenvalue weighted by Crippen LogP contribution is 2.26. The number of hydrogen-bond acceptors (Lipinski definition) is 4. The zero-order valence-corrected chi connectivity index (χ0v) is 10.2. The number of carboxylic acids is 1. The van der Waals surface area contributed by atoms with Gasteiger partial charge in [0.25, 0.3) is 5.91 Å². The molecule has 1 heterocycles. The van der Waals surface area contributed by atoms with Crippen LogP contribution in [0.1, 0.15) is 0 Å². The van der Waals surface area contributed by atoms with Crippen LogP contribution in [0.5, 0.6) is 0 Å². The fourth-order valence-electron chi connectivity index (χ4n) is 0.942. The Labute approximate surface area is 98.6 Å². The molecule has 0 bridgehead atoms. The van der Waals surface area contributed by atoms with Crippen LogP contribution in [-0.4, -0.2) is 30.1 Å². The van der Waals surface area contributed by atoms with E-state index >= 15 is 0 Å². The largest absolute Gasteiger partial charge is 0.480 e. The van der Waals surface area contributed by atoms with E-state index < -0.39 is 17.9 Å². The molecule has 0 aliphatic heterocycles. The molecule has 3 N–H and O–H groups in total. The van der Waals surface area contributed by atoms with Gasteiger partial charge in [0.2, 0.25) is 0 Å². The van der Waals surface area contributed by atoms with Crippen molar-refractivity contribution in [1.82, 2.24) is 5.32 Å². The zero-order valence-electron chi connectivity index (χ0n) is 7.78. The molecule has 0 fully saturated rings. The number of anilines is 1. The molecule has 82 valence electrons. The molecule has 0 aliphatic carbocycles. The molecule has 1 atom stereocenters. The number of carboxylic acid groups (broad SMARTS) is 1. The number of thiophene rings is 1. The third-order valence-electron chi connectivity index (χ3n) is 1.62. The highest BCUT2D eigenvalue weighted by Gasteiger charge is 2.24. The maximum absolute atomic E-state index is 11.4. The third kappa shape index (κ3) is 3.29. The first-order chi connectivity index (χ1) is 7.04. The smallest absolute Gasteiger partial charge is 0.330 e. The van der Waals surface area contributed by atoms with Crippen molar-refractivity contribution < 1.29 is 14.7 Å². The summed E-state index contributed by atoms with van der Waals surface area (Å²) in [5, 5.41) is 14.2.